The zero-order valence-corrected chi connectivity index (χ0v) is 16.4. The van der Waals surface area contributed by atoms with Crippen molar-refractivity contribution in [2.45, 2.75) is 20.3 Å². The Morgan fingerprint density at radius 3 is 2.52 bits per heavy atom. The van der Waals surface area contributed by atoms with Gasteiger partial charge in [0.15, 0.2) is 0 Å². The first-order chi connectivity index (χ1) is 13.9. The molecular formula is C21H22N4O4. The standard InChI is InChI=1S/C21H22N4O4/c1-13(2)11-18(26)22-16-6-4-5-15(12-16)19(27)23-21-25-24-20(29-21)14-7-9-17(28-3)10-8-14/h4-10,12-13H,11H2,1-3H3,(H,22,26)(H,23,25,27). The number of methoxy groups -OCH3 is 1. The Balaban J connectivity index is 1.66. The van der Waals surface area contributed by atoms with E-state index in [-0.39, 0.29) is 23.7 Å². The van der Waals surface area contributed by atoms with Crippen LogP contribution in [0, 0.1) is 5.92 Å². The summed E-state index contributed by atoms with van der Waals surface area (Å²) in [5.41, 5.74) is 1.61. The smallest absolute Gasteiger partial charge is 0.322 e. The molecule has 8 nitrogen and oxygen atoms in total. The first kappa shape index (κ1) is 20.1. The summed E-state index contributed by atoms with van der Waals surface area (Å²) in [6.45, 7) is 3.93. The molecule has 150 valence electrons. The Kier molecular flexibility index (Phi) is 6.23. The van der Waals surface area contributed by atoms with Gasteiger partial charge in [-0.25, -0.2) is 0 Å². The van der Waals surface area contributed by atoms with Crippen LogP contribution in [0.5, 0.6) is 5.75 Å². The number of hydrogen-bond donors (Lipinski definition) is 2. The topological polar surface area (TPSA) is 106 Å². The summed E-state index contributed by atoms with van der Waals surface area (Å²) in [6.07, 6.45) is 0.409. The van der Waals surface area contributed by atoms with Crippen molar-refractivity contribution >= 4 is 23.5 Å². The van der Waals surface area contributed by atoms with Gasteiger partial charge < -0.3 is 14.5 Å². The van der Waals surface area contributed by atoms with Gasteiger partial charge in [0.2, 0.25) is 11.8 Å². The van der Waals surface area contributed by atoms with Crippen molar-refractivity contribution in [3.8, 4) is 17.2 Å². The van der Waals surface area contributed by atoms with Gasteiger partial charge in [-0.2, -0.15) is 0 Å². The second-order valence-corrected chi connectivity index (χ2v) is 6.82. The Morgan fingerprint density at radius 1 is 1.07 bits per heavy atom. The summed E-state index contributed by atoms with van der Waals surface area (Å²) in [5.74, 6) is 0.715. The number of ether oxygens (including phenoxy) is 1. The van der Waals surface area contributed by atoms with Gasteiger partial charge in [-0.1, -0.05) is 25.0 Å². The molecule has 2 amide bonds. The molecule has 0 aliphatic rings. The van der Waals surface area contributed by atoms with Crippen LogP contribution in [-0.2, 0) is 4.79 Å². The minimum Gasteiger partial charge on any atom is -0.497 e. The van der Waals surface area contributed by atoms with Crippen LogP contribution in [0.3, 0.4) is 0 Å². The van der Waals surface area contributed by atoms with Crippen LogP contribution in [0.25, 0.3) is 11.5 Å². The fourth-order valence-electron chi connectivity index (χ4n) is 2.61. The maximum absolute atomic E-state index is 12.5. The van der Waals surface area contributed by atoms with Gasteiger partial charge >= 0.3 is 6.01 Å². The summed E-state index contributed by atoms with van der Waals surface area (Å²) in [7, 11) is 1.58. The fraction of sp³-hybridized carbons (Fsp3) is 0.238. The van der Waals surface area contributed by atoms with E-state index < -0.39 is 5.91 Å². The van der Waals surface area contributed by atoms with E-state index in [2.05, 4.69) is 20.8 Å². The number of hydrogen-bond acceptors (Lipinski definition) is 6. The van der Waals surface area contributed by atoms with Crippen LogP contribution in [0.1, 0.15) is 30.6 Å². The predicted molar refractivity (Wildman–Crippen MR) is 109 cm³/mol. The quantitative estimate of drug-likeness (QED) is 0.628. The number of benzene rings is 2. The summed E-state index contributed by atoms with van der Waals surface area (Å²) < 4.78 is 10.6. The van der Waals surface area contributed by atoms with Crippen molar-refractivity contribution in [1.29, 1.82) is 0 Å². The number of nitrogens with zero attached hydrogens (tertiary/aromatic N) is 2. The zero-order valence-electron chi connectivity index (χ0n) is 16.4. The molecule has 0 aliphatic carbocycles. The van der Waals surface area contributed by atoms with E-state index in [0.29, 0.717) is 29.0 Å². The largest absolute Gasteiger partial charge is 0.497 e. The molecule has 2 N–H and O–H groups in total. The van der Waals surface area contributed by atoms with E-state index in [1.165, 1.54) is 0 Å². The third-order valence-corrected chi connectivity index (χ3v) is 3.98. The zero-order chi connectivity index (χ0) is 20.8. The van der Waals surface area contributed by atoms with Gasteiger partial charge in [0.1, 0.15) is 5.75 Å². The summed E-state index contributed by atoms with van der Waals surface area (Å²) in [5, 5.41) is 13.2. The lowest BCUT2D eigenvalue weighted by Crippen LogP contribution is -2.15. The molecule has 0 unspecified atom stereocenters. The Labute approximate surface area is 168 Å². The molecule has 0 aliphatic heterocycles. The van der Waals surface area contributed by atoms with Crippen molar-refractivity contribution in [3.63, 3.8) is 0 Å². The highest BCUT2D eigenvalue weighted by atomic mass is 16.5. The average molecular weight is 394 g/mol. The minimum absolute atomic E-state index is 0.0185. The SMILES string of the molecule is COc1ccc(-c2nnc(NC(=O)c3cccc(NC(=O)CC(C)C)c3)o2)cc1. The molecule has 0 saturated heterocycles. The lowest BCUT2D eigenvalue weighted by molar-refractivity contribution is -0.116. The number of anilines is 2. The highest BCUT2D eigenvalue weighted by molar-refractivity contribution is 6.04. The molecular weight excluding hydrogens is 372 g/mol. The normalized spacial score (nSPS) is 10.6. The molecule has 2 aromatic carbocycles. The highest BCUT2D eigenvalue weighted by Crippen LogP contribution is 2.23. The lowest BCUT2D eigenvalue weighted by atomic mass is 10.1. The van der Waals surface area contributed by atoms with Gasteiger partial charge in [0, 0.05) is 23.2 Å². The molecule has 8 heteroatoms. The van der Waals surface area contributed by atoms with Gasteiger partial charge in [-0.05, 0) is 48.4 Å². The van der Waals surface area contributed by atoms with Crippen molar-refractivity contribution in [1.82, 2.24) is 10.2 Å². The molecule has 0 atom stereocenters. The molecule has 1 aromatic heterocycles. The number of amides is 2. The van der Waals surface area contributed by atoms with Gasteiger partial charge in [-0.15, -0.1) is 5.10 Å². The Morgan fingerprint density at radius 2 is 1.83 bits per heavy atom. The van der Waals surface area contributed by atoms with Gasteiger partial charge in [0.05, 0.1) is 7.11 Å². The molecule has 0 saturated carbocycles. The van der Waals surface area contributed by atoms with E-state index in [1.54, 1.807) is 55.6 Å². The van der Waals surface area contributed by atoms with E-state index >= 15 is 0 Å². The number of aromatic nitrogens is 2. The molecule has 0 fully saturated rings. The molecule has 3 rings (SSSR count). The molecule has 3 aromatic rings. The van der Waals surface area contributed by atoms with Crippen molar-refractivity contribution in [3.05, 3.63) is 54.1 Å². The van der Waals surface area contributed by atoms with Gasteiger partial charge in [0.25, 0.3) is 5.91 Å². The molecule has 0 spiro atoms. The van der Waals surface area contributed by atoms with Crippen LogP contribution in [0.4, 0.5) is 11.7 Å². The monoisotopic (exact) mass is 394 g/mol. The van der Waals surface area contributed by atoms with Crippen LogP contribution in [0.15, 0.2) is 52.9 Å². The number of nitrogens with one attached hydrogen (secondary N) is 2. The molecule has 0 radical (unpaired) electrons. The summed E-state index contributed by atoms with van der Waals surface area (Å²) in [4.78, 5) is 24.4. The summed E-state index contributed by atoms with van der Waals surface area (Å²) >= 11 is 0. The third-order valence-electron chi connectivity index (χ3n) is 3.98. The minimum atomic E-state index is -0.421. The van der Waals surface area contributed by atoms with Crippen LogP contribution >= 0.6 is 0 Å². The number of rotatable bonds is 7. The first-order valence-electron chi connectivity index (χ1n) is 9.14. The number of carbonyl (C=O) groups is 2. The van der Waals surface area contributed by atoms with E-state index in [1.807, 2.05) is 13.8 Å². The van der Waals surface area contributed by atoms with Crippen molar-refractivity contribution in [2.24, 2.45) is 5.92 Å². The maximum Gasteiger partial charge on any atom is 0.322 e. The third kappa shape index (κ3) is 5.41. The van der Waals surface area contributed by atoms with Crippen molar-refractivity contribution < 1.29 is 18.7 Å². The lowest BCUT2D eigenvalue weighted by Gasteiger charge is -2.08. The van der Waals surface area contributed by atoms with E-state index in [0.717, 1.165) is 0 Å². The molecule has 29 heavy (non-hydrogen) atoms. The van der Waals surface area contributed by atoms with Crippen LogP contribution < -0.4 is 15.4 Å². The van der Waals surface area contributed by atoms with E-state index in [4.69, 9.17) is 9.15 Å². The Bertz CT molecular complexity index is 996. The molecule has 1 heterocycles. The maximum atomic E-state index is 12.5. The second kappa shape index (κ2) is 9.01. The highest BCUT2D eigenvalue weighted by Gasteiger charge is 2.14. The predicted octanol–water partition coefficient (Wildman–Crippen LogP) is 3.98. The average Bonchev–Trinajstić information content (AvgIpc) is 3.16. The van der Waals surface area contributed by atoms with Crippen LogP contribution in [-0.4, -0.2) is 29.1 Å². The number of carbonyl (C=O) groups excluding carboxylic acids is 2. The van der Waals surface area contributed by atoms with Gasteiger partial charge in [-0.3, -0.25) is 14.9 Å². The van der Waals surface area contributed by atoms with E-state index in [9.17, 15) is 9.59 Å². The fourth-order valence-corrected chi connectivity index (χ4v) is 2.61. The van der Waals surface area contributed by atoms with Crippen LogP contribution in [0.2, 0.25) is 0 Å². The first-order valence-corrected chi connectivity index (χ1v) is 9.14. The second-order valence-electron chi connectivity index (χ2n) is 6.82. The Hall–Kier alpha value is -3.68. The van der Waals surface area contributed by atoms with Crippen molar-refractivity contribution in [2.75, 3.05) is 17.7 Å². The summed E-state index contributed by atoms with van der Waals surface area (Å²) in [6, 6.07) is 13.7. The molecule has 0 bridgehead atoms.